The number of pyridine rings is 1. The Kier molecular flexibility index (Phi) is 5.61. The molecule has 0 atom stereocenters. The third kappa shape index (κ3) is 4.18. The first-order chi connectivity index (χ1) is 10.0. The number of benzene rings is 1. The Labute approximate surface area is 140 Å². The van der Waals surface area contributed by atoms with Crippen LogP contribution in [0.2, 0.25) is 0 Å². The van der Waals surface area contributed by atoms with Gasteiger partial charge in [0.05, 0.1) is 21.7 Å². The summed E-state index contributed by atoms with van der Waals surface area (Å²) in [5.41, 5.74) is 8.38. The van der Waals surface area contributed by atoms with E-state index in [2.05, 4.69) is 36.8 Å². The lowest BCUT2D eigenvalue weighted by molar-refractivity contribution is 0.296. The van der Waals surface area contributed by atoms with Crippen molar-refractivity contribution in [2.24, 2.45) is 5.73 Å². The van der Waals surface area contributed by atoms with Gasteiger partial charge in [-0.25, -0.2) is 0 Å². The van der Waals surface area contributed by atoms with Crippen LogP contribution in [0.4, 0.5) is 0 Å². The molecule has 1 heterocycles. The van der Waals surface area contributed by atoms with Crippen LogP contribution in [0.25, 0.3) is 0 Å². The quantitative estimate of drug-likeness (QED) is 0.802. The summed E-state index contributed by atoms with van der Waals surface area (Å²) in [4.78, 5) is 4.43. The van der Waals surface area contributed by atoms with E-state index < -0.39 is 0 Å². The van der Waals surface area contributed by atoms with Crippen molar-refractivity contribution in [1.82, 2.24) is 4.98 Å². The van der Waals surface area contributed by atoms with Crippen LogP contribution < -0.4 is 15.2 Å². The number of hydrogen-bond donors (Lipinski definition) is 1. The monoisotopic (exact) mass is 414 g/mol. The third-order valence-electron chi connectivity index (χ3n) is 2.87. The van der Waals surface area contributed by atoms with Crippen molar-refractivity contribution in [2.45, 2.75) is 20.1 Å². The number of halogens is 2. The summed E-state index contributed by atoms with van der Waals surface area (Å²) in [6.45, 7) is 2.76. The van der Waals surface area contributed by atoms with Gasteiger partial charge in [-0.05, 0) is 56.5 Å². The summed E-state index contributed by atoms with van der Waals surface area (Å²) >= 11 is 7.00. The molecule has 0 radical (unpaired) electrons. The minimum Gasteiger partial charge on any atom is -0.497 e. The molecule has 2 rings (SSSR count). The SMILES string of the molecule is COc1cc(C)nc(COc2c(Br)cc(CN)cc2Br)c1. The van der Waals surface area contributed by atoms with Crippen LogP contribution in [-0.2, 0) is 13.2 Å². The lowest BCUT2D eigenvalue weighted by Crippen LogP contribution is -2.02. The molecule has 0 aliphatic rings. The normalized spacial score (nSPS) is 10.5. The fourth-order valence-corrected chi connectivity index (χ4v) is 3.42. The number of nitrogens with two attached hydrogens (primary N) is 1. The molecule has 0 unspecified atom stereocenters. The molecular weight excluding hydrogens is 400 g/mol. The van der Waals surface area contributed by atoms with Crippen LogP contribution in [0, 0.1) is 6.92 Å². The minimum atomic E-state index is 0.358. The highest BCUT2D eigenvalue weighted by Crippen LogP contribution is 2.35. The second-order valence-corrected chi connectivity index (χ2v) is 6.23. The average Bonchev–Trinajstić information content (AvgIpc) is 2.45. The molecule has 0 aliphatic heterocycles. The largest absolute Gasteiger partial charge is 0.497 e. The zero-order valence-corrected chi connectivity index (χ0v) is 15.0. The zero-order valence-electron chi connectivity index (χ0n) is 11.8. The maximum Gasteiger partial charge on any atom is 0.148 e. The summed E-state index contributed by atoms with van der Waals surface area (Å²) in [7, 11) is 1.64. The number of aromatic nitrogens is 1. The molecule has 0 aliphatic carbocycles. The third-order valence-corrected chi connectivity index (χ3v) is 4.05. The van der Waals surface area contributed by atoms with Crippen LogP contribution in [0.15, 0.2) is 33.2 Å². The molecule has 0 fully saturated rings. The smallest absolute Gasteiger partial charge is 0.148 e. The molecule has 21 heavy (non-hydrogen) atoms. The lowest BCUT2D eigenvalue weighted by Gasteiger charge is -2.12. The van der Waals surface area contributed by atoms with E-state index in [-0.39, 0.29) is 0 Å². The first kappa shape index (κ1) is 16.3. The van der Waals surface area contributed by atoms with Crippen molar-refractivity contribution in [3.63, 3.8) is 0 Å². The molecule has 0 amide bonds. The van der Waals surface area contributed by atoms with E-state index in [1.165, 1.54) is 0 Å². The number of hydrogen-bond acceptors (Lipinski definition) is 4. The Hall–Kier alpha value is -1.11. The van der Waals surface area contributed by atoms with Gasteiger partial charge in [-0.1, -0.05) is 0 Å². The summed E-state index contributed by atoms with van der Waals surface area (Å²) in [5, 5.41) is 0. The topological polar surface area (TPSA) is 57.4 Å². The van der Waals surface area contributed by atoms with E-state index in [1.807, 2.05) is 31.2 Å². The van der Waals surface area contributed by atoms with Crippen LogP contribution in [-0.4, -0.2) is 12.1 Å². The van der Waals surface area contributed by atoms with E-state index in [9.17, 15) is 0 Å². The van der Waals surface area contributed by atoms with Gasteiger partial charge in [0.1, 0.15) is 18.1 Å². The van der Waals surface area contributed by atoms with Gasteiger partial charge in [-0.3, -0.25) is 4.98 Å². The molecule has 0 bridgehead atoms. The predicted molar refractivity (Wildman–Crippen MR) is 89.6 cm³/mol. The number of rotatable bonds is 5. The van der Waals surface area contributed by atoms with Crippen molar-refractivity contribution >= 4 is 31.9 Å². The van der Waals surface area contributed by atoms with Crippen molar-refractivity contribution < 1.29 is 9.47 Å². The van der Waals surface area contributed by atoms with Crippen molar-refractivity contribution in [2.75, 3.05) is 7.11 Å². The average molecular weight is 416 g/mol. The fraction of sp³-hybridized carbons (Fsp3) is 0.267. The van der Waals surface area contributed by atoms with Crippen LogP contribution in [0.3, 0.4) is 0 Å². The predicted octanol–water partition coefficient (Wildman–Crippen LogP) is 3.96. The molecule has 2 N–H and O–H groups in total. The maximum atomic E-state index is 5.85. The van der Waals surface area contributed by atoms with Crippen molar-refractivity contribution in [1.29, 1.82) is 0 Å². The molecule has 112 valence electrons. The van der Waals surface area contributed by atoms with Gasteiger partial charge in [0, 0.05) is 24.4 Å². The molecule has 6 heteroatoms. The summed E-state index contributed by atoms with van der Waals surface area (Å²) in [5.74, 6) is 1.51. The van der Waals surface area contributed by atoms with Gasteiger partial charge in [-0.15, -0.1) is 0 Å². The van der Waals surface area contributed by atoms with E-state index >= 15 is 0 Å². The fourth-order valence-electron chi connectivity index (χ4n) is 1.91. The van der Waals surface area contributed by atoms with E-state index in [0.29, 0.717) is 13.2 Å². The lowest BCUT2D eigenvalue weighted by atomic mass is 10.2. The van der Waals surface area contributed by atoms with E-state index in [1.54, 1.807) is 7.11 Å². The second-order valence-electron chi connectivity index (χ2n) is 4.52. The van der Waals surface area contributed by atoms with Crippen LogP contribution in [0.1, 0.15) is 17.0 Å². The van der Waals surface area contributed by atoms with Gasteiger partial charge in [-0.2, -0.15) is 0 Å². The maximum absolute atomic E-state index is 5.85. The number of aryl methyl sites for hydroxylation is 1. The first-order valence-corrected chi connectivity index (χ1v) is 7.94. The highest BCUT2D eigenvalue weighted by Gasteiger charge is 2.10. The molecular formula is C15H16Br2N2O2. The molecule has 0 saturated heterocycles. The molecule has 4 nitrogen and oxygen atoms in total. The Morgan fingerprint density at radius 1 is 1.14 bits per heavy atom. The highest BCUT2D eigenvalue weighted by atomic mass is 79.9. The van der Waals surface area contributed by atoms with Crippen LogP contribution in [0.5, 0.6) is 11.5 Å². The van der Waals surface area contributed by atoms with Crippen molar-refractivity contribution in [3.05, 3.63) is 50.2 Å². The highest BCUT2D eigenvalue weighted by molar-refractivity contribution is 9.11. The molecule has 2 aromatic rings. The summed E-state index contributed by atoms with van der Waals surface area (Å²) < 4.78 is 12.8. The standard InChI is InChI=1S/C15H16Br2N2O2/c1-9-3-12(20-2)6-11(19-9)8-21-15-13(16)4-10(7-18)5-14(15)17/h3-6H,7-8,18H2,1-2H3. The Bertz CT molecular complexity index is 625. The Balaban J connectivity index is 2.18. The van der Waals surface area contributed by atoms with Gasteiger partial charge < -0.3 is 15.2 Å². The molecule has 0 spiro atoms. The number of ether oxygens (including phenoxy) is 2. The van der Waals surface area contributed by atoms with E-state index in [0.717, 1.165) is 37.4 Å². The van der Waals surface area contributed by atoms with Crippen LogP contribution >= 0.6 is 31.9 Å². The van der Waals surface area contributed by atoms with Gasteiger partial charge >= 0.3 is 0 Å². The first-order valence-electron chi connectivity index (χ1n) is 6.36. The molecule has 1 aromatic carbocycles. The molecule has 0 saturated carbocycles. The number of nitrogens with zero attached hydrogens (tertiary/aromatic N) is 1. The second kappa shape index (κ2) is 7.24. The van der Waals surface area contributed by atoms with Gasteiger partial charge in [0.2, 0.25) is 0 Å². The Morgan fingerprint density at radius 3 is 2.38 bits per heavy atom. The summed E-state index contributed by atoms with van der Waals surface area (Å²) in [6.07, 6.45) is 0. The zero-order chi connectivity index (χ0) is 15.4. The van der Waals surface area contributed by atoms with E-state index in [4.69, 9.17) is 15.2 Å². The minimum absolute atomic E-state index is 0.358. The number of methoxy groups -OCH3 is 1. The van der Waals surface area contributed by atoms with Gasteiger partial charge in [0.15, 0.2) is 0 Å². The summed E-state index contributed by atoms with van der Waals surface area (Å²) in [6, 6.07) is 7.64. The van der Waals surface area contributed by atoms with Gasteiger partial charge in [0.25, 0.3) is 0 Å². The molecule has 1 aromatic heterocycles. The Morgan fingerprint density at radius 2 is 1.81 bits per heavy atom. The van der Waals surface area contributed by atoms with Crippen molar-refractivity contribution in [3.8, 4) is 11.5 Å².